The van der Waals surface area contributed by atoms with Crippen molar-refractivity contribution in [3.05, 3.63) is 27.2 Å². The van der Waals surface area contributed by atoms with E-state index in [4.69, 9.17) is 39.9 Å². The van der Waals surface area contributed by atoms with Gasteiger partial charge in [-0.2, -0.15) is 4.31 Å². The van der Waals surface area contributed by atoms with Gasteiger partial charge in [0.25, 0.3) is 0 Å². The van der Waals surface area contributed by atoms with Crippen molar-refractivity contribution in [2.75, 3.05) is 6.54 Å². The third-order valence-corrected chi connectivity index (χ3v) is 6.06. The lowest BCUT2D eigenvalue weighted by Gasteiger charge is -2.22. The van der Waals surface area contributed by atoms with Gasteiger partial charge in [0.1, 0.15) is 10.9 Å². The van der Waals surface area contributed by atoms with Crippen molar-refractivity contribution in [1.82, 2.24) is 4.31 Å². The van der Waals surface area contributed by atoms with Gasteiger partial charge in [-0.1, -0.05) is 34.8 Å². The van der Waals surface area contributed by atoms with Crippen molar-refractivity contribution in [1.29, 1.82) is 0 Å². The van der Waals surface area contributed by atoms with Crippen molar-refractivity contribution < 1.29 is 23.4 Å². The van der Waals surface area contributed by atoms with Crippen LogP contribution in [-0.4, -0.2) is 47.6 Å². The van der Waals surface area contributed by atoms with Gasteiger partial charge < -0.3 is 10.2 Å². The van der Waals surface area contributed by atoms with E-state index >= 15 is 0 Å². The van der Waals surface area contributed by atoms with Crippen LogP contribution in [0.2, 0.25) is 15.1 Å². The molecule has 10 heteroatoms. The predicted molar refractivity (Wildman–Crippen MR) is 77.4 cm³/mol. The number of benzene rings is 1. The summed E-state index contributed by atoms with van der Waals surface area (Å²) in [5, 5.41) is 18.4. The average Bonchev–Trinajstić information content (AvgIpc) is 2.70. The third-order valence-electron chi connectivity index (χ3n) is 3.05. The second-order valence-electron chi connectivity index (χ2n) is 4.52. The maximum atomic E-state index is 12.6. The van der Waals surface area contributed by atoms with E-state index in [1.807, 2.05) is 0 Å². The Labute approximate surface area is 135 Å². The van der Waals surface area contributed by atoms with Gasteiger partial charge in [0.05, 0.1) is 16.1 Å². The zero-order chi connectivity index (χ0) is 15.9. The minimum Gasteiger partial charge on any atom is -0.480 e. The largest absolute Gasteiger partial charge is 0.480 e. The van der Waals surface area contributed by atoms with E-state index in [0.717, 1.165) is 0 Å². The molecule has 0 radical (unpaired) electrons. The third kappa shape index (κ3) is 3.13. The Balaban J connectivity index is 2.55. The minimum atomic E-state index is -4.27. The second kappa shape index (κ2) is 5.91. The molecular weight excluding hydrogens is 365 g/mol. The molecule has 0 aliphatic carbocycles. The normalized spacial score (nSPS) is 23.4. The maximum Gasteiger partial charge on any atom is 0.322 e. The van der Waals surface area contributed by atoms with Crippen molar-refractivity contribution in [3.63, 3.8) is 0 Å². The molecule has 0 aromatic heterocycles. The molecule has 0 amide bonds. The summed E-state index contributed by atoms with van der Waals surface area (Å²) in [5.41, 5.74) is 0. The molecule has 2 N–H and O–H groups in total. The summed E-state index contributed by atoms with van der Waals surface area (Å²) in [7, 11) is -4.27. The summed E-state index contributed by atoms with van der Waals surface area (Å²) in [6.45, 7) is -0.339. The molecule has 1 aliphatic heterocycles. The van der Waals surface area contributed by atoms with E-state index in [0.29, 0.717) is 4.31 Å². The monoisotopic (exact) mass is 373 g/mol. The van der Waals surface area contributed by atoms with Crippen LogP contribution < -0.4 is 0 Å². The van der Waals surface area contributed by atoms with E-state index in [-0.39, 0.29) is 28.0 Å². The van der Waals surface area contributed by atoms with Crippen LogP contribution in [0, 0.1) is 0 Å². The fourth-order valence-corrected chi connectivity index (χ4v) is 5.29. The van der Waals surface area contributed by atoms with Crippen LogP contribution in [0.3, 0.4) is 0 Å². The standard InChI is InChI=1S/C11H10Cl3NO5S/c12-5-1-7(13)10(8(14)2-5)21(19,20)15-4-6(16)3-9(15)11(17)18/h1-2,6,9,16H,3-4H2,(H,17,18)/t6-,9-/m0/s1. The van der Waals surface area contributed by atoms with Gasteiger partial charge in [-0.25, -0.2) is 8.42 Å². The average molecular weight is 375 g/mol. The lowest BCUT2D eigenvalue weighted by Crippen LogP contribution is -2.40. The Bertz CT molecular complexity index is 670. The van der Waals surface area contributed by atoms with Crippen molar-refractivity contribution in [2.24, 2.45) is 0 Å². The van der Waals surface area contributed by atoms with Crippen LogP contribution in [0.5, 0.6) is 0 Å². The summed E-state index contributed by atoms with van der Waals surface area (Å²) in [6, 6.07) is 1.03. The molecular formula is C11H10Cl3NO5S. The molecule has 0 spiro atoms. The fraction of sp³-hybridized carbons (Fsp3) is 0.364. The SMILES string of the molecule is O=C(O)[C@@H]1C[C@H](O)CN1S(=O)(=O)c1c(Cl)cc(Cl)cc1Cl. The number of carboxylic acids is 1. The fourth-order valence-electron chi connectivity index (χ4n) is 2.17. The zero-order valence-corrected chi connectivity index (χ0v) is 13.4. The lowest BCUT2D eigenvalue weighted by atomic mass is 10.2. The molecule has 2 atom stereocenters. The molecule has 1 saturated heterocycles. The highest BCUT2D eigenvalue weighted by Crippen LogP contribution is 2.37. The number of aliphatic hydroxyl groups excluding tert-OH is 1. The van der Waals surface area contributed by atoms with Gasteiger partial charge in [-0.05, 0) is 12.1 Å². The Morgan fingerprint density at radius 3 is 2.24 bits per heavy atom. The second-order valence-corrected chi connectivity index (χ2v) is 7.60. The summed E-state index contributed by atoms with van der Waals surface area (Å²) in [4.78, 5) is 10.7. The number of rotatable bonds is 3. The van der Waals surface area contributed by atoms with Gasteiger partial charge in [-0.15, -0.1) is 0 Å². The van der Waals surface area contributed by atoms with E-state index in [2.05, 4.69) is 0 Å². The molecule has 2 rings (SSSR count). The zero-order valence-electron chi connectivity index (χ0n) is 10.3. The topological polar surface area (TPSA) is 94.9 Å². The van der Waals surface area contributed by atoms with Crippen LogP contribution in [-0.2, 0) is 14.8 Å². The number of aliphatic carboxylic acids is 1. The van der Waals surface area contributed by atoms with Crippen molar-refractivity contribution in [3.8, 4) is 0 Å². The van der Waals surface area contributed by atoms with E-state index < -0.39 is 33.0 Å². The molecule has 1 aromatic rings. The van der Waals surface area contributed by atoms with Crippen LogP contribution in [0.4, 0.5) is 0 Å². The Morgan fingerprint density at radius 2 is 1.76 bits per heavy atom. The molecule has 1 fully saturated rings. The van der Waals surface area contributed by atoms with Crippen molar-refractivity contribution in [2.45, 2.75) is 23.5 Å². The molecule has 21 heavy (non-hydrogen) atoms. The van der Waals surface area contributed by atoms with Crippen molar-refractivity contribution >= 4 is 50.8 Å². The van der Waals surface area contributed by atoms with Crippen LogP contribution in [0.25, 0.3) is 0 Å². The number of halogens is 3. The highest BCUT2D eigenvalue weighted by Gasteiger charge is 2.44. The van der Waals surface area contributed by atoms with Gasteiger partial charge in [-0.3, -0.25) is 4.79 Å². The Kier molecular flexibility index (Phi) is 4.72. The van der Waals surface area contributed by atoms with Crippen LogP contribution >= 0.6 is 34.8 Å². The van der Waals surface area contributed by atoms with E-state index in [9.17, 15) is 18.3 Å². The van der Waals surface area contributed by atoms with Crippen LogP contribution in [0.15, 0.2) is 17.0 Å². The number of nitrogens with zero attached hydrogens (tertiary/aromatic N) is 1. The first-order valence-electron chi connectivity index (χ1n) is 5.72. The summed E-state index contributed by atoms with van der Waals surface area (Å²) < 4.78 is 25.9. The molecule has 116 valence electrons. The first-order valence-corrected chi connectivity index (χ1v) is 8.29. The van der Waals surface area contributed by atoms with Gasteiger partial charge in [0, 0.05) is 18.0 Å². The molecule has 1 aromatic carbocycles. The number of sulfonamides is 1. The number of β-amino-alcohol motifs (C(OH)–C–C–N with tert-alkyl or cyclic N) is 1. The minimum absolute atomic E-state index is 0.153. The number of carboxylic acid groups (broad SMARTS) is 1. The highest BCUT2D eigenvalue weighted by molar-refractivity contribution is 7.89. The maximum absolute atomic E-state index is 12.6. The van der Waals surface area contributed by atoms with Crippen LogP contribution in [0.1, 0.15) is 6.42 Å². The summed E-state index contributed by atoms with van der Waals surface area (Å²) in [5.74, 6) is -1.35. The molecule has 1 aliphatic rings. The van der Waals surface area contributed by atoms with E-state index in [1.165, 1.54) is 12.1 Å². The lowest BCUT2D eigenvalue weighted by molar-refractivity contribution is -0.140. The first kappa shape index (κ1) is 16.8. The molecule has 1 heterocycles. The van der Waals surface area contributed by atoms with E-state index in [1.54, 1.807) is 0 Å². The smallest absolute Gasteiger partial charge is 0.322 e. The predicted octanol–water partition coefficient (Wildman–Crippen LogP) is 1.86. The molecule has 0 saturated carbocycles. The number of carbonyl (C=O) groups is 1. The highest BCUT2D eigenvalue weighted by atomic mass is 35.5. The van der Waals surface area contributed by atoms with Gasteiger partial charge in [0.2, 0.25) is 10.0 Å². The quantitative estimate of drug-likeness (QED) is 0.842. The molecule has 6 nitrogen and oxygen atoms in total. The summed E-state index contributed by atoms with van der Waals surface area (Å²) in [6.07, 6.45) is -1.26. The first-order chi connectivity index (χ1) is 9.64. The number of hydrogen-bond acceptors (Lipinski definition) is 4. The van der Waals surface area contributed by atoms with Gasteiger partial charge >= 0.3 is 5.97 Å². The Morgan fingerprint density at radius 1 is 1.24 bits per heavy atom. The summed E-state index contributed by atoms with van der Waals surface area (Å²) >= 11 is 17.5. The molecule has 0 unspecified atom stereocenters. The number of aliphatic hydroxyl groups is 1. The molecule has 0 bridgehead atoms. The Hall–Kier alpha value is -0.570. The van der Waals surface area contributed by atoms with Gasteiger partial charge in [0.15, 0.2) is 0 Å². The number of hydrogen-bond donors (Lipinski definition) is 2.